The SMILES string of the molecule is COc1cccc2cc(C(=O)NCC(O)(c3cccs3)C3CC3)c(=O)oc12. The van der Waals surface area contributed by atoms with Crippen molar-refractivity contribution in [2.75, 3.05) is 13.7 Å². The van der Waals surface area contributed by atoms with Crippen LogP contribution in [0.4, 0.5) is 0 Å². The van der Waals surface area contributed by atoms with Crippen LogP contribution in [0.1, 0.15) is 28.1 Å². The van der Waals surface area contributed by atoms with Gasteiger partial charge in [-0.2, -0.15) is 0 Å². The first kappa shape index (κ1) is 17.8. The van der Waals surface area contributed by atoms with Crippen LogP contribution in [0.2, 0.25) is 0 Å². The van der Waals surface area contributed by atoms with Crippen LogP contribution in [0.5, 0.6) is 5.75 Å². The number of ether oxygens (including phenoxy) is 1. The van der Waals surface area contributed by atoms with Gasteiger partial charge in [0.2, 0.25) is 0 Å². The molecule has 4 rings (SSSR count). The van der Waals surface area contributed by atoms with Gasteiger partial charge in [-0.15, -0.1) is 11.3 Å². The molecule has 2 N–H and O–H groups in total. The number of benzene rings is 1. The molecule has 1 fully saturated rings. The summed E-state index contributed by atoms with van der Waals surface area (Å²) in [6, 6.07) is 10.4. The smallest absolute Gasteiger partial charge is 0.349 e. The van der Waals surface area contributed by atoms with Crippen molar-refractivity contribution in [1.29, 1.82) is 0 Å². The topological polar surface area (TPSA) is 88.8 Å². The number of carbonyl (C=O) groups excluding carboxylic acids is 1. The summed E-state index contributed by atoms with van der Waals surface area (Å²) in [5.74, 6) is -0.0183. The van der Waals surface area contributed by atoms with Crippen LogP contribution in [-0.4, -0.2) is 24.7 Å². The number of fused-ring (bicyclic) bond motifs is 1. The summed E-state index contributed by atoms with van der Waals surface area (Å²) in [5.41, 5.74) is -1.64. The third-order valence-corrected chi connectivity index (χ3v) is 5.94. The average Bonchev–Trinajstić information content (AvgIpc) is 3.39. The first-order valence-corrected chi connectivity index (χ1v) is 9.56. The summed E-state index contributed by atoms with van der Waals surface area (Å²) in [5, 5.41) is 16.3. The van der Waals surface area contributed by atoms with Crippen LogP contribution in [0.15, 0.2) is 51.0 Å². The molecule has 2 heterocycles. The monoisotopic (exact) mass is 385 g/mol. The van der Waals surface area contributed by atoms with Gasteiger partial charge >= 0.3 is 5.63 Å². The Morgan fingerprint density at radius 3 is 2.85 bits per heavy atom. The molecule has 1 unspecified atom stereocenters. The lowest BCUT2D eigenvalue weighted by molar-refractivity contribution is 0.0169. The molecular formula is C20H19NO5S. The van der Waals surface area contributed by atoms with Crippen molar-refractivity contribution in [3.8, 4) is 5.75 Å². The molecule has 2 aromatic heterocycles. The number of aliphatic hydroxyl groups is 1. The highest BCUT2D eigenvalue weighted by atomic mass is 32.1. The van der Waals surface area contributed by atoms with Crippen LogP contribution >= 0.6 is 11.3 Å². The average molecular weight is 385 g/mol. The zero-order chi connectivity index (χ0) is 19.0. The van der Waals surface area contributed by atoms with Gasteiger partial charge in [-0.25, -0.2) is 4.79 Å². The molecule has 140 valence electrons. The third-order valence-electron chi connectivity index (χ3n) is 4.91. The molecule has 1 saturated carbocycles. The van der Waals surface area contributed by atoms with Crippen molar-refractivity contribution < 1.29 is 19.1 Å². The maximum atomic E-state index is 12.6. The fraction of sp³-hybridized carbons (Fsp3) is 0.300. The lowest BCUT2D eigenvalue weighted by atomic mass is 9.95. The molecule has 7 heteroatoms. The van der Waals surface area contributed by atoms with E-state index in [2.05, 4.69) is 5.32 Å². The number of carbonyl (C=O) groups is 1. The van der Waals surface area contributed by atoms with Gasteiger partial charge in [-0.05, 0) is 42.3 Å². The van der Waals surface area contributed by atoms with E-state index in [4.69, 9.17) is 9.15 Å². The predicted octanol–water partition coefficient (Wildman–Crippen LogP) is 2.89. The largest absolute Gasteiger partial charge is 0.493 e. The molecule has 0 spiro atoms. The summed E-state index contributed by atoms with van der Waals surface area (Å²) < 4.78 is 10.5. The van der Waals surface area contributed by atoms with Gasteiger partial charge < -0.3 is 19.6 Å². The van der Waals surface area contributed by atoms with Crippen LogP contribution in [0.3, 0.4) is 0 Å². The second-order valence-electron chi connectivity index (χ2n) is 6.68. The number of methoxy groups -OCH3 is 1. The van der Waals surface area contributed by atoms with Crippen molar-refractivity contribution >= 4 is 28.2 Å². The zero-order valence-electron chi connectivity index (χ0n) is 14.7. The van der Waals surface area contributed by atoms with E-state index in [9.17, 15) is 14.7 Å². The van der Waals surface area contributed by atoms with Gasteiger partial charge in [0.05, 0.1) is 13.7 Å². The van der Waals surface area contributed by atoms with E-state index in [1.54, 1.807) is 18.2 Å². The van der Waals surface area contributed by atoms with Crippen LogP contribution < -0.4 is 15.7 Å². The highest BCUT2D eigenvalue weighted by Crippen LogP contribution is 2.46. The van der Waals surface area contributed by atoms with E-state index < -0.39 is 17.1 Å². The number of para-hydroxylation sites is 1. The zero-order valence-corrected chi connectivity index (χ0v) is 15.5. The summed E-state index contributed by atoms with van der Waals surface area (Å²) in [6.07, 6.45) is 1.84. The number of amides is 1. The lowest BCUT2D eigenvalue weighted by Gasteiger charge is -2.27. The molecule has 1 atom stereocenters. The predicted molar refractivity (Wildman–Crippen MR) is 102 cm³/mol. The molecule has 0 radical (unpaired) electrons. The Balaban J connectivity index is 1.60. The summed E-state index contributed by atoms with van der Waals surface area (Å²) >= 11 is 1.46. The van der Waals surface area contributed by atoms with Gasteiger partial charge in [-0.3, -0.25) is 4.79 Å². The second kappa shape index (κ2) is 6.83. The minimum absolute atomic E-state index is 0.0482. The highest BCUT2D eigenvalue weighted by Gasteiger charge is 2.46. The number of hydrogen-bond donors (Lipinski definition) is 2. The molecule has 0 saturated heterocycles. The quantitative estimate of drug-likeness (QED) is 0.637. The first-order valence-electron chi connectivity index (χ1n) is 8.68. The van der Waals surface area contributed by atoms with Crippen LogP contribution in [0, 0.1) is 5.92 Å². The van der Waals surface area contributed by atoms with E-state index in [-0.39, 0.29) is 18.0 Å². The maximum absolute atomic E-state index is 12.6. The normalized spacial score (nSPS) is 16.1. The van der Waals surface area contributed by atoms with Crippen molar-refractivity contribution in [2.24, 2.45) is 5.92 Å². The summed E-state index contributed by atoms with van der Waals surface area (Å²) in [4.78, 5) is 25.7. The minimum atomic E-state index is -1.11. The molecule has 3 aromatic rings. The fourth-order valence-corrected chi connectivity index (χ4v) is 4.17. The Kier molecular flexibility index (Phi) is 4.49. The molecule has 0 bridgehead atoms. The molecule has 1 aliphatic carbocycles. The minimum Gasteiger partial charge on any atom is -0.493 e. The van der Waals surface area contributed by atoms with E-state index >= 15 is 0 Å². The van der Waals surface area contributed by atoms with Crippen molar-refractivity contribution in [3.05, 3.63) is 62.6 Å². The Hall–Kier alpha value is -2.64. The fourth-order valence-electron chi connectivity index (χ4n) is 3.27. The summed E-state index contributed by atoms with van der Waals surface area (Å²) in [6.45, 7) is 0.0482. The number of thiophene rings is 1. The maximum Gasteiger partial charge on any atom is 0.349 e. The standard InChI is InChI=1S/C20H19NO5S/c1-25-15-5-2-4-12-10-14(19(23)26-17(12)15)18(22)21-11-20(24,13-7-8-13)16-6-3-9-27-16/h2-6,9-10,13,24H,7-8,11H2,1H3,(H,21,22). The Labute approximate surface area is 159 Å². The first-order chi connectivity index (χ1) is 13.0. The van der Waals surface area contributed by atoms with Crippen LogP contribution in [0.25, 0.3) is 11.0 Å². The Bertz CT molecular complexity index is 1040. The second-order valence-corrected chi connectivity index (χ2v) is 7.63. The molecule has 1 amide bonds. The molecule has 1 aromatic carbocycles. The number of hydrogen-bond acceptors (Lipinski definition) is 6. The molecule has 27 heavy (non-hydrogen) atoms. The Morgan fingerprint density at radius 2 is 2.19 bits per heavy atom. The van der Waals surface area contributed by atoms with Gasteiger partial charge in [0.1, 0.15) is 11.2 Å². The van der Waals surface area contributed by atoms with E-state index in [0.29, 0.717) is 16.7 Å². The Morgan fingerprint density at radius 1 is 1.37 bits per heavy atom. The van der Waals surface area contributed by atoms with Crippen molar-refractivity contribution in [2.45, 2.75) is 18.4 Å². The van der Waals surface area contributed by atoms with Crippen molar-refractivity contribution in [1.82, 2.24) is 5.32 Å². The van der Waals surface area contributed by atoms with E-state index in [1.165, 1.54) is 24.5 Å². The van der Waals surface area contributed by atoms with Gasteiger partial charge in [0.15, 0.2) is 11.3 Å². The van der Waals surface area contributed by atoms with E-state index in [1.807, 2.05) is 17.5 Å². The van der Waals surface area contributed by atoms with E-state index in [0.717, 1.165) is 17.7 Å². The lowest BCUT2D eigenvalue weighted by Crippen LogP contribution is -2.42. The molecular weight excluding hydrogens is 366 g/mol. The third kappa shape index (κ3) is 3.24. The van der Waals surface area contributed by atoms with Crippen molar-refractivity contribution in [3.63, 3.8) is 0 Å². The molecule has 0 aliphatic heterocycles. The molecule has 6 nitrogen and oxygen atoms in total. The van der Waals surface area contributed by atoms with Gasteiger partial charge in [0, 0.05) is 10.3 Å². The van der Waals surface area contributed by atoms with Gasteiger partial charge in [0.25, 0.3) is 5.91 Å². The van der Waals surface area contributed by atoms with Crippen LogP contribution in [-0.2, 0) is 5.60 Å². The summed E-state index contributed by atoms with van der Waals surface area (Å²) in [7, 11) is 1.48. The number of rotatable bonds is 6. The molecule has 1 aliphatic rings. The number of nitrogens with one attached hydrogen (secondary N) is 1. The van der Waals surface area contributed by atoms with Gasteiger partial charge in [-0.1, -0.05) is 18.2 Å². The highest BCUT2D eigenvalue weighted by molar-refractivity contribution is 7.10.